The van der Waals surface area contributed by atoms with Crippen molar-refractivity contribution in [1.82, 2.24) is 4.90 Å². The molecule has 1 aromatic carbocycles. The van der Waals surface area contributed by atoms with Gasteiger partial charge in [-0.1, -0.05) is 24.3 Å². The van der Waals surface area contributed by atoms with Crippen LogP contribution in [0.2, 0.25) is 0 Å². The summed E-state index contributed by atoms with van der Waals surface area (Å²) in [6.45, 7) is 2.49. The van der Waals surface area contributed by atoms with Gasteiger partial charge in [-0.25, -0.2) is 0 Å². The predicted octanol–water partition coefficient (Wildman–Crippen LogP) is 2.92. The van der Waals surface area contributed by atoms with Gasteiger partial charge in [-0.15, -0.1) is 0 Å². The summed E-state index contributed by atoms with van der Waals surface area (Å²) < 4.78 is 0. The van der Waals surface area contributed by atoms with Crippen molar-refractivity contribution < 1.29 is 0 Å². The summed E-state index contributed by atoms with van der Waals surface area (Å²) in [5.41, 5.74) is 9.26. The van der Waals surface area contributed by atoms with Crippen molar-refractivity contribution in [2.45, 2.75) is 50.0 Å². The van der Waals surface area contributed by atoms with Crippen molar-refractivity contribution in [3.8, 4) is 0 Å². The lowest BCUT2D eigenvalue weighted by atomic mass is 9.91. The van der Waals surface area contributed by atoms with Gasteiger partial charge >= 0.3 is 0 Å². The molecule has 1 aliphatic carbocycles. The van der Waals surface area contributed by atoms with Crippen LogP contribution in [0, 0.1) is 0 Å². The van der Waals surface area contributed by atoms with Crippen LogP contribution >= 0.6 is 0 Å². The Balaban J connectivity index is 1.64. The minimum atomic E-state index is 0.131. The van der Waals surface area contributed by atoms with E-state index in [0.717, 1.165) is 12.3 Å². The van der Waals surface area contributed by atoms with E-state index in [2.05, 4.69) is 36.2 Å². The van der Waals surface area contributed by atoms with Crippen molar-refractivity contribution in [3.05, 3.63) is 35.4 Å². The van der Waals surface area contributed by atoms with Gasteiger partial charge in [0.15, 0.2) is 0 Å². The fourth-order valence-electron chi connectivity index (χ4n) is 3.22. The smallest absolute Gasteiger partial charge is 0.0196 e. The van der Waals surface area contributed by atoms with Crippen LogP contribution < -0.4 is 5.73 Å². The maximum absolute atomic E-state index is 6.19. The van der Waals surface area contributed by atoms with E-state index in [1.807, 2.05) is 0 Å². The SMILES string of the molecule is CN1CCCC(c2ccc(CC3(N)CC3)cc2)CC1. The number of hydrogen-bond donors (Lipinski definition) is 1. The molecule has 2 heteroatoms. The molecule has 1 saturated heterocycles. The third-order valence-corrected chi connectivity index (χ3v) is 4.85. The molecule has 1 heterocycles. The maximum atomic E-state index is 6.19. The van der Waals surface area contributed by atoms with Crippen LogP contribution in [0.4, 0.5) is 0 Å². The average molecular weight is 258 g/mol. The summed E-state index contributed by atoms with van der Waals surface area (Å²) in [6.07, 6.45) is 7.42. The molecule has 1 unspecified atom stereocenters. The van der Waals surface area contributed by atoms with E-state index in [0.29, 0.717) is 0 Å². The molecule has 0 radical (unpaired) electrons. The van der Waals surface area contributed by atoms with Gasteiger partial charge in [-0.2, -0.15) is 0 Å². The summed E-state index contributed by atoms with van der Waals surface area (Å²) in [6, 6.07) is 9.29. The summed E-state index contributed by atoms with van der Waals surface area (Å²) >= 11 is 0. The van der Waals surface area contributed by atoms with Crippen LogP contribution in [0.15, 0.2) is 24.3 Å². The molecule has 2 nitrogen and oxygen atoms in total. The highest BCUT2D eigenvalue weighted by Crippen LogP contribution is 2.36. The van der Waals surface area contributed by atoms with E-state index in [4.69, 9.17) is 5.73 Å². The van der Waals surface area contributed by atoms with Crippen molar-refractivity contribution in [2.24, 2.45) is 5.73 Å². The summed E-state index contributed by atoms with van der Waals surface area (Å²) in [4.78, 5) is 2.46. The van der Waals surface area contributed by atoms with Gasteiger partial charge in [-0.05, 0) is 75.7 Å². The normalized spacial score (nSPS) is 26.9. The number of likely N-dealkylation sites (tertiary alicyclic amines) is 1. The Morgan fingerprint density at radius 2 is 1.89 bits per heavy atom. The monoisotopic (exact) mass is 258 g/mol. The van der Waals surface area contributed by atoms with Gasteiger partial charge < -0.3 is 10.6 Å². The van der Waals surface area contributed by atoms with Gasteiger partial charge in [0.1, 0.15) is 0 Å². The van der Waals surface area contributed by atoms with Gasteiger partial charge in [-0.3, -0.25) is 0 Å². The second-order valence-electron chi connectivity index (χ2n) is 6.71. The topological polar surface area (TPSA) is 29.3 Å². The summed E-state index contributed by atoms with van der Waals surface area (Å²) in [5.74, 6) is 0.756. The zero-order chi connectivity index (χ0) is 13.3. The van der Waals surface area contributed by atoms with Gasteiger partial charge in [0.25, 0.3) is 0 Å². The number of nitrogens with two attached hydrogens (primary N) is 1. The van der Waals surface area contributed by atoms with E-state index < -0.39 is 0 Å². The second-order valence-corrected chi connectivity index (χ2v) is 6.71. The third-order valence-electron chi connectivity index (χ3n) is 4.85. The standard InChI is InChI=1S/C17H26N2/c1-19-11-2-3-15(8-12-19)16-6-4-14(5-7-16)13-17(18)9-10-17/h4-7,15H,2-3,8-13,18H2,1H3. The molecule has 0 aromatic heterocycles. The molecule has 1 saturated carbocycles. The number of hydrogen-bond acceptors (Lipinski definition) is 2. The summed E-state index contributed by atoms with van der Waals surface area (Å²) in [7, 11) is 2.24. The van der Waals surface area contributed by atoms with Crippen LogP contribution in [0.25, 0.3) is 0 Å². The lowest BCUT2D eigenvalue weighted by Crippen LogP contribution is -2.24. The average Bonchev–Trinajstić information content (AvgIpc) is 3.15. The fraction of sp³-hybridized carbons (Fsp3) is 0.647. The highest BCUT2D eigenvalue weighted by Gasteiger charge is 2.37. The zero-order valence-electron chi connectivity index (χ0n) is 12.1. The predicted molar refractivity (Wildman–Crippen MR) is 80.4 cm³/mol. The van der Waals surface area contributed by atoms with Gasteiger partial charge in [0, 0.05) is 5.54 Å². The van der Waals surface area contributed by atoms with Crippen LogP contribution in [-0.2, 0) is 6.42 Å². The Hall–Kier alpha value is -0.860. The molecule has 104 valence electrons. The van der Waals surface area contributed by atoms with E-state index in [1.165, 1.54) is 56.3 Å². The molecule has 2 fully saturated rings. The van der Waals surface area contributed by atoms with Crippen LogP contribution in [0.3, 0.4) is 0 Å². The minimum Gasteiger partial charge on any atom is -0.325 e. The first kappa shape index (κ1) is 13.1. The zero-order valence-corrected chi connectivity index (χ0v) is 12.1. The highest BCUT2D eigenvalue weighted by atomic mass is 15.1. The number of benzene rings is 1. The van der Waals surface area contributed by atoms with Gasteiger partial charge in [0.05, 0.1) is 0 Å². The molecule has 2 aliphatic rings. The van der Waals surface area contributed by atoms with E-state index in [-0.39, 0.29) is 5.54 Å². The molecular weight excluding hydrogens is 232 g/mol. The third kappa shape index (κ3) is 3.37. The molecular formula is C17H26N2. The second kappa shape index (κ2) is 5.26. The van der Waals surface area contributed by atoms with Crippen LogP contribution in [-0.4, -0.2) is 30.6 Å². The molecule has 1 aliphatic heterocycles. The molecule has 1 aromatic rings. The molecule has 0 amide bonds. The van der Waals surface area contributed by atoms with Crippen LogP contribution in [0.1, 0.15) is 49.1 Å². The first-order valence-electron chi connectivity index (χ1n) is 7.71. The Labute approximate surface area is 117 Å². The maximum Gasteiger partial charge on any atom is 0.0196 e. The Bertz CT molecular complexity index is 419. The Morgan fingerprint density at radius 3 is 2.58 bits per heavy atom. The van der Waals surface area contributed by atoms with E-state index in [1.54, 1.807) is 0 Å². The molecule has 0 bridgehead atoms. The molecule has 3 rings (SSSR count). The number of rotatable bonds is 3. The Kier molecular flexibility index (Phi) is 3.64. The fourth-order valence-corrected chi connectivity index (χ4v) is 3.22. The van der Waals surface area contributed by atoms with Crippen molar-refractivity contribution in [1.29, 1.82) is 0 Å². The minimum absolute atomic E-state index is 0.131. The first-order valence-corrected chi connectivity index (χ1v) is 7.71. The molecule has 0 spiro atoms. The Morgan fingerprint density at radius 1 is 1.16 bits per heavy atom. The van der Waals surface area contributed by atoms with Crippen molar-refractivity contribution >= 4 is 0 Å². The molecule has 19 heavy (non-hydrogen) atoms. The van der Waals surface area contributed by atoms with Crippen molar-refractivity contribution in [3.63, 3.8) is 0 Å². The summed E-state index contributed by atoms with van der Waals surface area (Å²) in [5, 5.41) is 0. The largest absolute Gasteiger partial charge is 0.325 e. The lowest BCUT2D eigenvalue weighted by Gasteiger charge is -2.16. The van der Waals surface area contributed by atoms with E-state index in [9.17, 15) is 0 Å². The van der Waals surface area contributed by atoms with Gasteiger partial charge in [0.2, 0.25) is 0 Å². The molecule has 1 atom stereocenters. The first-order chi connectivity index (χ1) is 9.15. The molecule has 2 N–H and O–H groups in total. The van der Waals surface area contributed by atoms with Crippen LogP contribution in [0.5, 0.6) is 0 Å². The number of nitrogens with zero attached hydrogens (tertiary/aromatic N) is 1. The quantitative estimate of drug-likeness (QED) is 0.903. The van der Waals surface area contributed by atoms with E-state index >= 15 is 0 Å². The highest BCUT2D eigenvalue weighted by molar-refractivity contribution is 5.28. The lowest BCUT2D eigenvalue weighted by molar-refractivity contribution is 0.347. The van der Waals surface area contributed by atoms with Crippen molar-refractivity contribution in [2.75, 3.05) is 20.1 Å².